The Morgan fingerprint density at radius 3 is 2.16 bits per heavy atom. The minimum atomic E-state index is -1.49. The Bertz CT molecular complexity index is 807. The summed E-state index contributed by atoms with van der Waals surface area (Å²) in [6.45, 7) is 3.39. The summed E-state index contributed by atoms with van der Waals surface area (Å²) in [5, 5.41) is 22.3. The molecule has 4 aliphatic carbocycles. The first-order valence-electron chi connectivity index (χ1n) is 11.1. The van der Waals surface area contributed by atoms with Gasteiger partial charge in [0.05, 0.1) is 49.8 Å². The molecule has 4 fully saturated rings. The lowest BCUT2D eigenvalue weighted by Crippen LogP contribution is -2.61. The fourth-order valence-electron chi connectivity index (χ4n) is 8.60. The van der Waals surface area contributed by atoms with Crippen molar-refractivity contribution in [1.82, 2.24) is 0 Å². The van der Waals surface area contributed by atoms with Gasteiger partial charge in [-0.1, -0.05) is 0 Å². The van der Waals surface area contributed by atoms with Crippen molar-refractivity contribution < 1.29 is 38.8 Å². The van der Waals surface area contributed by atoms with Gasteiger partial charge < -0.3 is 24.4 Å². The topological polar surface area (TPSA) is 119 Å². The van der Waals surface area contributed by atoms with Crippen LogP contribution in [-0.2, 0) is 28.6 Å². The summed E-state index contributed by atoms with van der Waals surface area (Å²) in [5.41, 5.74) is -4.32. The minimum Gasteiger partial charge on any atom is -0.469 e. The first-order valence-corrected chi connectivity index (χ1v) is 11.1. The Labute approximate surface area is 182 Å². The minimum absolute atomic E-state index is 0.0000578. The number of esters is 3. The fraction of sp³-hybridized carbons (Fsp3) is 0.870. The van der Waals surface area contributed by atoms with Crippen LogP contribution in [0, 0.1) is 39.9 Å². The van der Waals surface area contributed by atoms with Gasteiger partial charge in [-0.05, 0) is 69.6 Å². The Balaban J connectivity index is 2.03. The maximum Gasteiger partial charge on any atom is 0.314 e. The van der Waals surface area contributed by atoms with Crippen molar-refractivity contribution in [3.05, 3.63) is 0 Å². The van der Waals surface area contributed by atoms with Crippen molar-refractivity contribution in [2.45, 2.75) is 64.1 Å². The van der Waals surface area contributed by atoms with Crippen LogP contribution in [0.4, 0.5) is 0 Å². The first kappa shape index (κ1) is 22.5. The van der Waals surface area contributed by atoms with E-state index in [0.717, 1.165) is 6.42 Å². The Kier molecular flexibility index (Phi) is 5.02. The zero-order valence-electron chi connectivity index (χ0n) is 19.0. The zero-order valence-corrected chi connectivity index (χ0v) is 19.0. The van der Waals surface area contributed by atoms with Gasteiger partial charge in [0.25, 0.3) is 0 Å². The molecular formula is C23H34O8. The van der Waals surface area contributed by atoms with Crippen LogP contribution < -0.4 is 0 Å². The third kappa shape index (κ3) is 2.52. The van der Waals surface area contributed by atoms with Gasteiger partial charge in [-0.3, -0.25) is 14.4 Å². The van der Waals surface area contributed by atoms with Gasteiger partial charge in [0, 0.05) is 5.92 Å². The molecule has 8 nitrogen and oxygen atoms in total. The van der Waals surface area contributed by atoms with Gasteiger partial charge in [-0.2, -0.15) is 0 Å². The smallest absolute Gasteiger partial charge is 0.314 e. The molecule has 0 unspecified atom stereocenters. The van der Waals surface area contributed by atoms with Crippen LogP contribution in [0.25, 0.3) is 0 Å². The number of aliphatic hydroxyl groups is 2. The van der Waals surface area contributed by atoms with E-state index >= 15 is 0 Å². The van der Waals surface area contributed by atoms with Crippen LogP contribution in [-0.4, -0.2) is 61.2 Å². The summed E-state index contributed by atoms with van der Waals surface area (Å²) in [6.07, 6.45) is 1.75. The van der Waals surface area contributed by atoms with Gasteiger partial charge in [0.2, 0.25) is 0 Å². The Morgan fingerprint density at radius 1 is 0.935 bits per heavy atom. The van der Waals surface area contributed by atoms with Crippen molar-refractivity contribution in [3.63, 3.8) is 0 Å². The standard InChI is InChI=1S/C23H34O8/c1-20(28)11-22-10-12(20)6-7-13(22)23(19(27)31-5)9-8-14(24)21(2,18(26)30-4)16(23)15(22)17(25)29-3/h12-16,24,28H,6-11H2,1-5H3/t12-,13-,14+,15-,16-,20+,21-,22-,23-/m1/s1. The van der Waals surface area contributed by atoms with Gasteiger partial charge in [-0.25, -0.2) is 0 Å². The molecule has 0 aliphatic heterocycles. The quantitative estimate of drug-likeness (QED) is 0.502. The average molecular weight is 439 g/mol. The van der Waals surface area contributed by atoms with Crippen LogP contribution in [0.5, 0.6) is 0 Å². The summed E-state index contributed by atoms with van der Waals surface area (Å²) in [7, 11) is 3.87. The highest BCUT2D eigenvalue weighted by molar-refractivity contribution is 5.88. The van der Waals surface area contributed by atoms with Crippen molar-refractivity contribution in [3.8, 4) is 0 Å². The van der Waals surface area contributed by atoms with Gasteiger partial charge in [-0.15, -0.1) is 0 Å². The normalized spacial score (nSPS) is 50.2. The average Bonchev–Trinajstić information content (AvgIpc) is 3.12. The molecule has 2 N–H and O–H groups in total. The number of ether oxygens (including phenoxy) is 3. The SMILES string of the molecule is COC(=O)[C@H]1[C@@H]2[C@](C)(C(=O)OC)[C@@H](O)CC[C@@]2(C(=O)OC)[C@@H]2CC[C@@H]3C[C@@]21C[C@]3(C)O. The van der Waals surface area contributed by atoms with E-state index in [1.807, 2.05) is 0 Å². The van der Waals surface area contributed by atoms with E-state index < -0.39 is 57.7 Å². The summed E-state index contributed by atoms with van der Waals surface area (Å²) in [4.78, 5) is 40.1. The lowest BCUT2D eigenvalue weighted by Gasteiger charge is -2.52. The van der Waals surface area contributed by atoms with E-state index in [-0.39, 0.29) is 18.3 Å². The number of fused-ring (bicyclic) bond motifs is 3. The molecule has 174 valence electrons. The number of carbonyl (C=O) groups excluding carboxylic acids is 3. The van der Waals surface area contributed by atoms with Crippen molar-refractivity contribution in [2.24, 2.45) is 39.9 Å². The molecule has 9 atom stereocenters. The molecule has 4 saturated carbocycles. The first-order chi connectivity index (χ1) is 14.5. The van der Waals surface area contributed by atoms with Crippen LogP contribution in [0.15, 0.2) is 0 Å². The molecule has 0 saturated heterocycles. The van der Waals surface area contributed by atoms with Crippen molar-refractivity contribution in [2.75, 3.05) is 21.3 Å². The molecule has 0 aromatic heterocycles. The second kappa shape index (κ2) is 6.91. The number of rotatable bonds is 3. The number of methoxy groups -OCH3 is 3. The van der Waals surface area contributed by atoms with Crippen LogP contribution >= 0.6 is 0 Å². The molecule has 4 aliphatic rings. The number of hydrogen-bond acceptors (Lipinski definition) is 8. The van der Waals surface area contributed by atoms with Crippen LogP contribution in [0.1, 0.15) is 52.4 Å². The molecule has 0 heterocycles. The van der Waals surface area contributed by atoms with Crippen LogP contribution in [0.3, 0.4) is 0 Å². The maximum atomic E-state index is 13.5. The molecule has 31 heavy (non-hydrogen) atoms. The van der Waals surface area contributed by atoms with E-state index in [9.17, 15) is 24.6 Å². The van der Waals surface area contributed by atoms with E-state index in [4.69, 9.17) is 14.2 Å². The van der Waals surface area contributed by atoms with Gasteiger partial charge in [0.1, 0.15) is 0 Å². The molecule has 2 bridgehead atoms. The van der Waals surface area contributed by atoms with Gasteiger partial charge >= 0.3 is 17.9 Å². The summed E-state index contributed by atoms with van der Waals surface area (Å²) < 4.78 is 15.7. The monoisotopic (exact) mass is 438 g/mol. The molecule has 0 aromatic carbocycles. The molecule has 0 radical (unpaired) electrons. The number of hydrogen-bond donors (Lipinski definition) is 2. The Hall–Kier alpha value is -1.67. The molecular weight excluding hydrogens is 404 g/mol. The highest BCUT2D eigenvalue weighted by Gasteiger charge is 2.82. The van der Waals surface area contributed by atoms with Gasteiger partial charge in [0.15, 0.2) is 0 Å². The van der Waals surface area contributed by atoms with E-state index in [1.165, 1.54) is 21.3 Å². The molecule has 4 rings (SSSR count). The second-order valence-electron chi connectivity index (χ2n) is 10.6. The third-order valence-corrected chi connectivity index (χ3v) is 9.64. The predicted molar refractivity (Wildman–Crippen MR) is 107 cm³/mol. The number of aliphatic hydroxyl groups excluding tert-OH is 1. The Morgan fingerprint density at radius 2 is 1.58 bits per heavy atom. The molecule has 1 spiro atoms. The summed E-state index contributed by atoms with van der Waals surface area (Å²) in [6, 6.07) is 0. The van der Waals surface area contributed by atoms with E-state index in [1.54, 1.807) is 13.8 Å². The largest absolute Gasteiger partial charge is 0.469 e. The summed E-state index contributed by atoms with van der Waals surface area (Å²) >= 11 is 0. The molecule has 0 amide bonds. The van der Waals surface area contributed by atoms with E-state index in [2.05, 4.69) is 0 Å². The van der Waals surface area contributed by atoms with E-state index in [0.29, 0.717) is 25.7 Å². The highest BCUT2D eigenvalue weighted by Crippen LogP contribution is 2.78. The highest BCUT2D eigenvalue weighted by atomic mass is 16.5. The summed E-state index contributed by atoms with van der Waals surface area (Å²) in [5.74, 6) is -3.57. The lowest BCUT2D eigenvalue weighted by atomic mass is 9.51. The molecule has 8 heteroatoms. The molecule has 0 aromatic rings. The maximum absolute atomic E-state index is 13.5. The lowest BCUT2D eigenvalue weighted by molar-refractivity contribution is -0.196. The zero-order chi connectivity index (χ0) is 23.0. The third-order valence-electron chi connectivity index (χ3n) is 9.64. The van der Waals surface area contributed by atoms with Crippen molar-refractivity contribution >= 4 is 17.9 Å². The predicted octanol–water partition coefficient (Wildman–Crippen LogP) is 1.46. The number of carbonyl (C=O) groups is 3. The van der Waals surface area contributed by atoms with Crippen LogP contribution in [0.2, 0.25) is 0 Å². The fourth-order valence-corrected chi connectivity index (χ4v) is 8.60. The second-order valence-corrected chi connectivity index (χ2v) is 10.6. The van der Waals surface area contributed by atoms with Crippen molar-refractivity contribution in [1.29, 1.82) is 0 Å².